The van der Waals surface area contributed by atoms with Gasteiger partial charge in [-0.05, 0) is 96.9 Å². The third-order valence-electron chi connectivity index (χ3n) is 10.4. The highest BCUT2D eigenvalue weighted by atomic mass is 35.5. The number of ether oxygens (including phenoxy) is 1. The first kappa shape index (κ1) is 42.8. The molecular formula is C41H53Cl2N3O9. The Morgan fingerprint density at radius 3 is 2.31 bits per heavy atom. The number of aromatic nitrogens is 1. The van der Waals surface area contributed by atoms with Crippen LogP contribution in [0.4, 0.5) is 0 Å². The van der Waals surface area contributed by atoms with E-state index < -0.39 is 48.3 Å². The van der Waals surface area contributed by atoms with E-state index in [-0.39, 0.29) is 37.6 Å². The number of rotatable bonds is 22. The summed E-state index contributed by atoms with van der Waals surface area (Å²) in [5, 5.41) is 64.1. The van der Waals surface area contributed by atoms with Crippen molar-refractivity contribution in [3.63, 3.8) is 0 Å². The molecule has 55 heavy (non-hydrogen) atoms. The maximum absolute atomic E-state index is 13.4. The molecule has 0 aliphatic heterocycles. The van der Waals surface area contributed by atoms with Crippen LogP contribution < -0.4 is 10.1 Å². The average Bonchev–Trinajstić information content (AvgIpc) is 4.09. The number of para-hydroxylation sites is 1. The van der Waals surface area contributed by atoms with Crippen LogP contribution in [0, 0.1) is 5.41 Å². The minimum absolute atomic E-state index is 0.133. The number of aryl methyl sites for hydroxylation is 1. The zero-order chi connectivity index (χ0) is 39.9. The van der Waals surface area contributed by atoms with Gasteiger partial charge in [0.05, 0.1) is 19.1 Å². The van der Waals surface area contributed by atoms with E-state index in [2.05, 4.69) is 16.4 Å². The van der Waals surface area contributed by atoms with Crippen LogP contribution >= 0.6 is 23.2 Å². The lowest BCUT2D eigenvalue weighted by molar-refractivity contribution is -0.143. The summed E-state index contributed by atoms with van der Waals surface area (Å²) in [6.45, 7) is 2.74. The van der Waals surface area contributed by atoms with E-state index in [1.54, 1.807) is 13.8 Å². The second kappa shape index (κ2) is 18.7. The van der Waals surface area contributed by atoms with Crippen molar-refractivity contribution in [3.05, 3.63) is 81.6 Å². The van der Waals surface area contributed by atoms with Crippen LogP contribution in [0.2, 0.25) is 10.0 Å². The zero-order valence-electron chi connectivity index (χ0n) is 31.3. The van der Waals surface area contributed by atoms with Gasteiger partial charge in [-0.2, -0.15) is 0 Å². The molecule has 14 heteroatoms. The maximum Gasteiger partial charge on any atom is 0.303 e. The molecule has 300 valence electrons. The molecule has 2 aliphatic carbocycles. The minimum atomic E-state index is -1.85. The molecule has 0 saturated heterocycles. The lowest BCUT2D eigenvalue weighted by Crippen LogP contribution is -2.51. The molecule has 7 N–H and O–H groups in total. The highest BCUT2D eigenvalue weighted by Gasteiger charge is 2.46. The minimum Gasteiger partial charge on any atom is -0.490 e. The topological polar surface area (TPSA) is 193 Å². The third-order valence-corrected chi connectivity index (χ3v) is 11.1. The van der Waals surface area contributed by atoms with Crippen molar-refractivity contribution in [2.45, 2.75) is 114 Å². The number of nitrogens with one attached hydrogen (secondary N) is 1. The van der Waals surface area contributed by atoms with Gasteiger partial charge < -0.3 is 45.6 Å². The van der Waals surface area contributed by atoms with Gasteiger partial charge >= 0.3 is 5.97 Å². The number of carboxylic acids is 1. The number of halogens is 2. The highest BCUT2D eigenvalue weighted by molar-refractivity contribution is 6.34. The molecule has 5 rings (SSSR count). The van der Waals surface area contributed by atoms with Crippen LogP contribution in [0.25, 0.3) is 11.1 Å². The molecule has 12 nitrogen and oxygen atoms in total. The Bertz CT molecular complexity index is 1790. The van der Waals surface area contributed by atoms with E-state index in [0.29, 0.717) is 35.9 Å². The van der Waals surface area contributed by atoms with E-state index in [1.807, 2.05) is 48.8 Å². The molecule has 0 radical (unpaired) electrons. The van der Waals surface area contributed by atoms with Crippen molar-refractivity contribution in [1.82, 2.24) is 15.2 Å². The molecule has 2 fully saturated rings. The predicted molar refractivity (Wildman–Crippen MR) is 209 cm³/mol. The molecule has 1 amide bonds. The van der Waals surface area contributed by atoms with Crippen LogP contribution in [-0.4, -0.2) is 103 Å². The van der Waals surface area contributed by atoms with Crippen molar-refractivity contribution in [3.8, 4) is 16.9 Å². The van der Waals surface area contributed by atoms with Gasteiger partial charge in [0.25, 0.3) is 0 Å². The number of benzene rings is 2. The highest BCUT2D eigenvalue weighted by Crippen LogP contribution is 2.50. The van der Waals surface area contributed by atoms with Gasteiger partial charge in [0.2, 0.25) is 5.91 Å². The molecule has 0 bridgehead atoms. The molecular weight excluding hydrogens is 749 g/mol. The van der Waals surface area contributed by atoms with Crippen molar-refractivity contribution in [2.75, 3.05) is 19.7 Å². The number of pyridine rings is 1. The molecule has 1 heterocycles. The van der Waals surface area contributed by atoms with Crippen LogP contribution in [0.5, 0.6) is 5.75 Å². The lowest BCUT2D eigenvalue weighted by Gasteiger charge is -2.32. The number of aliphatic hydroxyl groups excluding tert-OH is 5. The SMILES string of the molecule is CC(C)(CC(=O)O)CC(=O)N(CCCCc1cc(Cl)c(CNC2(c3cnccc3-c3ccccc3OC3CC3)CC2)cc1Cl)CC(O)C(O)C(O)C(O)CO. The van der Waals surface area contributed by atoms with Gasteiger partial charge in [-0.1, -0.05) is 55.2 Å². The van der Waals surface area contributed by atoms with Gasteiger partial charge in [0, 0.05) is 59.6 Å². The number of carbonyl (C=O) groups excluding carboxylic acids is 1. The van der Waals surface area contributed by atoms with E-state index >= 15 is 0 Å². The Balaban J connectivity index is 1.21. The second-order valence-electron chi connectivity index (χ2n) is 15.7. The number of hydrogen-bond donors (Lipinski definition) is 7. The van der Waals surface area contributed by atoms with Gasteiger partial charge in [-0.3, -0.25) is 14.6 Å². The number of carbonyl (C=O) groups is 2. The van der Waals surface area contributed by atoms with E-state index in [4.69, 9.17) is 33.0 Å². The summed E-state index contributed by atoms with van der Waals surface area (Å²) in [4.78, 5) is 30.5. The van der Waals surface area contributed by atoms with Crippen LogP contribution in [0.3, 0.4) is 0 Å². The van der Waals surface area contributed by atoms with Gasteiger partial charge in [-0.15, -0.1) is 0 Å². The first-order valence-electron chi connectivity index (χ1n) is 18.9. The van der Waals surface area contributed by atoms with Crippen LogP contribution in [0.15, 0.2) is 54.9 Å². The number of aliphatic carboxylic acids is 1. The summed E-state index contributed by atoms with van der Waals surface area (Å²) in [7, 11) is 0. The van der Waals surface area contributed by atoms with Crippen LogP contribution in [-0.2, 0) is 28.1 Å². The number of hydrogen-bond acceptors (Lipinski definition) is 10. The van der Waals surface area contributed by atoms with Gasteiger partial charge in [0.1, 0.15) is 30.2 Å². The smallest absolute Gasteiger partial charge is 0.303 e. The zero-order valence-corrected chi connectivity index (χ0v) is 32.8. The molecule has 2 saturated carbocycles. The van der Waals surface area contributed by atoms with E-state index in [1.165, 1.54) is 4.90 Å². The Hall–Kier alpha value is -3.33. The fourth-order valence-electron chi connectivity index (χ4n) is 6.88. The summed E-state index contributed by atoms with van der Waals surface area (Å²) in [5.41, 5.74) is 3.78. The number of unbranched alkanes of at least 4 members (excludes halogenated alkanes) is 1. The third kappa shape index (κ3) is 11.6. The number of nitrogens with zero attached hydrogens (tertiary/aromatic N) is 2. The summed E-state index contributed by atoms with van der Waals surface area (Å²) in [6.07, 6.45) is 2.23. The molecule has 4 atom stereocenters. The first-order chi connectivity index (χ1) is 26.1. The van der Waals surface area contributed by atoms with Gasteiger partial charge in [0.15, 0.2) is 0 Å². The molecule has 2 aliphatic rings. The van der Waals surface area contributed by atoms with E-state index in [0.717, 1.165) is 59.3 Å². The number of carboxylic acid groups (broad SMARTS) is 1. The quantitative estimate of drug-likeness (QED) is 0.0687. The van der Waals surface area contributed by atoms with Crippen molar-refractivity contribution in [2.24, 2.45) is 5.41 Å². The Kier molecular flexibility index (Phi) is 14.6. The molecule has 3 aromatic rings. The summed E-state index contributed by atoms with van der Waals surface area (Å²) < 4.78 is 6.25. The molecule has 4 unspecified atom stereocenters. The van der Waals surface area contributed by atoms with Crippen molar-refractivity contribution >= 4 is 35.1 Å². The summed E-state index contributed by atoms with van der Waals surface area (Å²) >= 11 is 13.6. The Morgan fingerprint density at radius 1 is 0.964 bits per heavy atom. The number of amides is 1. The molecule has 0 spiro atoms. The maximum atomic E-state index is 13.4. The Morgan fingerprint density at radius 2 is 1.64 bits per heavy atom. The lowest BCUT2D eigenvalue weighted by atomic mass is 9.85. The number of aliphatic hydroxyl groups is 5. The summed E-state index contributed by atoms with van der Waals surface area (Å²) in [6, 6.07) is 13.9. The molecule has 2 aromatic carbocycles. The average molecular weight is 803 g/mol. The first-order valence-corrected chi connectivity index (χ1v) is 19.6. The largest absolute Gasteiger partial charge is 0.490 e. The monoisotopic (exact) mass is 801 g/mol. The van der Waals surface area contributed by atoms with Gasteiger partial charge in [-0.25, -0.2) is 0 Å². The molecule has 1 aromatic heterocycles. The van der Waals surface area contributed by atoms with E-state index in [9.17, 15) is 35.1 Å². The fourth-order valence-corrected chi connectivity index (χ4v) is 7.41. The van der Waals surface area contributed by atoms with Crippen LogP contribution in [0.1, 0.15) is 81.9 Å². The predicted octanol–water partition coefficient (Wildman–Crippen LogP) is 4.85. The Labute approximate surface area is 332 Å². The summed E-state index contributed by atoms with van der Waals surface area (Å²) in [5.74, 6) is -0.608. The van der Waals surface area contributed by atoms with Crippen molar-refractivity contribution in [1.29, 1.82) is 0 Å². The second-order valence-corrected chi connectivity index (χ2v) is 16.5. The normalized spacial score (nSPS) is 17.3. The van der Waals surface area contributed by atoms with Crippen molar-refractivity contribution < 1.29 is 45.0 Å². The fraction of sp³-hybridized carbons (Fsp3) is 0.537. The standard InChI is InChI=1S/C41H53Cl2N3O9/c1-40(2,20-37(51)52)19-36(50)46(23-33(48)38(53)39(54)34(49)24-47)16-6-5-7-25-17-32(43)26(18-31(25)42)21-45-41(13-14-41)30-22-44-15-12-28(30)29-8-3-4-9-35(29)55-27-10-11-27/h3-4,8-9,12,15,17-18,22,27,33-34,38-39,45,47-49,53-54H,5-7,10-11,13-14,16,19-21,23-24H2,1-2H3,(H,51,52).